The van der Waals surface area contributed by atoms with Crippen LogP contribution in [0.2, 0.25) is 0 Å². The largest absolute Gasteiger partial charge is 0.103 e. The first-order chi connectivity index (χ1) is 12.2. The predicted molar refractivity (Wildman–Crippen MR) is 108 cm³/mol. The number of hydrogen-bond donors (Lipinski definition) is 0. The van der Waals surface area contributed by atoms with Gasteiger partial charge in [0.2, 0.25) is 0 Å². The summed E-state index contributed by atoms with van der Waals surface area (Å²) < 4.78 is 0. The van der Waals surface area contributed by atoms with Crippen LogP contribution < -0.4 is 0 Å². The maximum Gasteiger partial charge on any atom is -0.0159 e. The molecule has 4 atom stereocenters. The van der Waals surface area contributed by atoms with Gasteiger partial charge in [-0.15, -0.1) is 6.58 Å². The fraction of sp³-hybridized carbons (Fsp3) is 0.680. The Bertz CT molecular complexity index is 560. The van der Waals surface area contributed by atoms with Gasteiger partial charge >= 0.3 is 0 Å². The number of aryl methyl sites for hydroxylation is 1. The van der Waals surface area contributed by atoms with Crippen molar-refractivity contribution in [2.45, 2.75) is 77.0 Å². The summed E-state index contributed by atoms with van der Waals surface area (Å²) in [6, 6.07) is 9.39. The number of fused-ring (bicyclic) bond motifs is 1. The minimum atomic E-state index is 0.817. The highest BCUT2D eigenvalue weighted by atomic mass is 14.4. The van der Waals surface area contributed by atoms with Crippen molar-refractivity contribution in [1.29, 1.82) is 0 Å². The Morgan fingerprint density at radius 2 is 1.28 bits per heavy atom. The van der Waals surface area contributed by atoms with Crippen molar-refractivity contribution >= 4 is 0 Å². The number of hydrogen-bond acceptors (Lipinski definition) is 0. The van der Waals surface area contributed by atoms with E-state index in [4.69, 9.17) is 0 Å². The van der Waals surface area contributed by atoms with E-state index >= 15 is 0 Å². The van der Waals surface area contributed by atoms with Crippen LogP contribution in [0, 0.1) is 36.5 Å². The van der Waals surface area contributed by atoms with Gasteiger partial charge in [0, 0.05) is 0 Å². The Hall–Kier alpha value is -1.04. The maximum absolute atomic E-state index is 4.01. The first kappa shape index (κ1) is 17.4. The lowest BCUT2D eigenvalue weighted by Crippen LogP contribution is -2.34. The van der Waals surface area contributed by atoms with Gasteiger partial charge in [0.25, 0.3) is 0 Å². The van der Waals surface area contributed by atoms with Crippen LogP contribution in [0.5, 0.6) is 0 Å². The molecule has 1 aromatic carbocycles. The molecule has 4 rings (SSSR count). The topological polar surface area (TPSA) is 0 Å². The van der Waals surface area contributed by atoms with Gasteiger partial charge in [-0.1, -0.05) is 35.9 Å². The molecule has 1 aromatic rings. The van der Waals surface area contributed by atoms with Crippen molar-refractivity contribution in [2.24, 2.45) is 29.6 Å². The van der Waals surface area contributed by atoms with Crippen molar-refractivity contribution in [1.82, 2.24) is 0 Å². The fourth-order valence-electron chi connectivity index (χ4n) is 6.35. The molecule has 0 heterocycles. The lowest BCUT2D eigenvalue weighted by atomic mass is 9.60. The minimum absolute atomic E-state index is 0.817. The van der Waals surface area contributed by atoms with Gasteiger partial charge in [-0.25, -0.2) is 0 Å². The van der Waals surface area contributed by atoms with Gasteiger partial charge in [0.1, 0.15) is 0 Å². The standard InChI is InChI=1S/C25H36/c1-3-19-6-10-21(11-7-19)23-13-15-24-16-22(12-14-25(24)17-23)20-8-4-18(2)5-9-20/h3-5,8-9,19,21-25H,1,6-7,10-17H2,2H3. The summed E-state index contributed by atoms with van der Waals surface area (Å²) in [5.41, 5.74) is 3.00. The first-order valence-electron chi connectivity index (χ1n) is 10.9. The molecule has 0 radical (unpaired) electrons. The van der Waals surface area contributed by atoms with Crippen LogP contribution in [0.1, 0.15) is 81.3 Å². The van der Waals surface area contributed by atoms with Crippen molar-refractivity contribution < 1.29 is 0 Å². The molecule has 0 amide bonds. The zero-order valence-electron chi connectivity index (χ0n) is 16.1. The van der Waals surface area contributed by atoms with Crippen LogP contribution in [0.25, 0.3) is 0 Å². The minimum Gasteiger partial charge on any atom is -0.103 e. The molecule has 0 heteroatoms. The summed E-state index contributed by atoms with van der Waals surface area (Å²) in [5, 5.41) is 0. The van der Waals surface area contributed by atoms with E-state index in [1.54, 1.807) is 12.0 Å². The summed E-state index contributed by atoms with van der Waals surface area (Å²) in [7, 11) is 0. The molecule has 0 N–H and O–H groups in total. The normalized spacial score (nSPS) is 38.8. The molecule has 4 unspecified atom stereocenters. The van der Waals surface area contributed by atoms with E-state index in [-0.39, 0.29) is 0 Å². The lowest BCUT2D eigenvalue weighted by molar-refractivity contribution is 0.0748. The van der Waals surface area contributed by atoms with Crippen molar-refractivity contribution in [3.63, 3.8) is 0 Å². The van der Waals surface area contributed by atoms with Crippen molar-refractivity contribution in [3.8, 4) is 0 Å². The predicted octanol–water partition coefficient (Wildman–Crippen LogP) is 7.29. The van der Waals surface area contributed by atoms with Gasteiger partial charge in [0.05, 0.1) is 0 Å². The third-order valence-electron chi connectivity index (χ3n) is 8.02. The van der Waals surface area contributed by atoms with Crippen LogP contribution in [0.15, 0.2) is 36.9 Å². The summed E-state index contributed by atoms with van der Waals surface area (Å²) in [6.45, 7) is 6.21. The molecule has 0 nitrogen and oxygen atoms in total. The summed E-state index contributed by atoms with van der Waals surface area (Å²) in [4.78, 5) is 0. The van der Waals surface area contributed by atoms with Crippen LogP contribution >= 0.6 is 0 Å². The molecule has 136 valence electrons. The molecule has 0 saturated heterocycles. The summed E-state index contributed by atoms with van der Waals surface area (Å²) >= 11 is 0. The van der Waals surface area contributed by atoms with E-state index in [2.05, 4.69) is 43.8 Å². The second kappa shape index (κ2) is 7.68. The number of rotatable bonds is 3. The Morgan fingerprint density at radius 1 is 0.720 bits per heavy atom. The molecule has 0 aliphatic heterocycles. The zero-order chi connectivity index (χ0) is 17.2. The van der Waals surface area contributed by atoms with Crippen LogP contribution in [-0.4, -0.2) is 0 Å². The third kappa shape index (κ3) is 3.88. The molecule has 3 aliphatic rings. The quantitative estimate of drug-likeness (QED) is 0.508. The average molecular weight is 337 g/mol. The first-order valence-corrected chi connectivity index (χ1v) is 10.9. The van der Waals surface area contributed by atoms with Gasteiger partial charge < -0.3 is 0 Å². The lowest BCUT2D eigenvalue weighted by Gasteiger charge is -2.45. The second-order valence-electron chi connectivity index (χ2n) is 9.42. The van der Waals surface area contributed by atoms with Crippen LogP contribution in [0.4, 0.5) is 0 Å². The molecule has 0 bridgehead atoms. The monoisotopic (exact) mass is 336 g/mol. The molecule has 3 fully saturated rings. The van der Waals surface area contributed by atoms with Gasteiger partial charge in [-0.3, -0.25) is 0 Å². The van der Waals surface area contributed by atoms with Crippen LogP contribution in [0.3, 0.4) is 0 Å². The Morgan fingerprint density at radius 3 is 1.96 bits per heavy atom. The van der Waals surface area contributed by atoms with Crippen molar-refractivity contribution in [2.75, 3.05) is 0 Å². The van der Waals surface area contributed by atoms with E-state index in [0.717, 1.165) is 35.5 Å². The van der Waals surface area contributed by atoms with E-state index in [0.29, 0.717) is 0 Å². The number of allylic oxidation sites excluding steroid dienone is 1. The smallest absolute Gasteiger partial charge is 0.0159 e. The average Bonchev–Trinajstić information content (AvgIpc) is 2.68. The van der Waals surface area contributed by atoms with Gasteiger partial charge in [-0.05, 0) is 112 Å². The molecule has 0 aromatic heterocycles. The SMILES string of the molecule is C=CC1CCC(C2CCC3CC(c4ccc(C)cc4)CCC3C2)CC1. The van der Waals surface area contributed by atoms with E-state index < -0.39 is 0 Å². The van der Waals surface area contributed by atoms with E-state index in [9.17, 15) is 0 Å². The Kier molecular flexibility index (Phi) is 5.34. The number of benzene rings is 1. The molecular formula is C25H36. The highest BCUT2D eigenvalue weighted by molar-refractivity contribution is 5.25. The summed E-state index contributed by atoms with van der Waals surface area (Å²) in [6.07, 6.45) is 16.9. The van der Waals surface area contributed by atoms with E-state index in [1.165, 1.54) is 63.4 Å². The van der Waals surface area contributed by atoms with Crippen LogP contribution in [-0.2, 0) is 0 Å². The second-order valence-corrected chi connectivity index (χ2v) is 9.42. The van der Waals surface area contributed by atoms with Gasteiger partial charge in [0.15, 0.2) is 0 Å². The zero-order valence-corrected chi connectivity index (χ0v) is 16.1. The molecule has 25 heavy (non-hydrogen) atoms. The molecular weight excluding hydrogens is 300 g/mol. The van der Waals surface area contributed by atoms with Crippen molar-refractivity contribution in [3.05, 3.63) is 48.0 Å². The molecule has 3 saturated carbocycles. The Labute approximate surface area is 155 Å². The van der Waals surface area contributed by atoms with Gasteiger partial charge in [-0.2, -0.15) is 0 Å². The third-order valence-corrected chi connectivity index (χ3v) is 8.02. The molecule has 3 aliphatic carbocycles. The van der Waals surface area contributed by atoms with E-state index in [1.807, 2.05) is 0 Å². The fourth-order valence-corrected chi connectivity index (χ4v) is 6.35. The summed E-state index contributed by atoms with van der Waals surface area (Å²) in [5.74, 6) is 5.78. The Balaban J connectivity index is 1.32. The maximum atomic E-state index is 4.01. The highest BCUT2D eigenvalue weighted by Crippen LogP contribution is 2.50. The molecule has 0 spiro atoms. The highest BCUT2D eigenvalue weighted by Gasteiger charge is 2.38.